The predicted octanol–water partition coefficient (Wildman–Crippen LogP) is 1.65. The number of nitrogens with zero attached hydrogens (tertiary/aromatic N) is 2. The van der Waals surface area contributed by atoms with Gasteiger partial charge in [0.1, 0.15) is 0 Å². The first-order valence-corrected chi connectivity index (χ1v) is 9.74. The molecule has 0 unspecified atom stereocenters. The van der Waals surface area contributed by atoms with Gasteiger partial charge in [0.2, 0.25) is 0 Å². The van der Waals surface area contributed by atoms with Crippen LogP contribution in [0.5, 0.6) is 0 Å². The van der Waals surface area contributed by atoms with Crippen molar-refractivity contribution in [3.05, 3.63) is 77.6 Å². The van der Waals surface area contributed by atoms with E-state index >= 15 is 0 Å². The number of nitrogens with two attached hydrogens (primary N) is 1. The van der Waals surface area contributed by atoms with E-state index in [-0.39, 0.29) is 30.5 Å². The minimum absolute atomic E-state index is 0.0359. The Balaban J connectivity index is 1.71. The summed E-state index contributed by atoms with van der Waals surface area (Å²) < 4.78 is 0. The van der Waals surface area contributed by atoms with E-state index in [0.717, 1.165) is 5.56 Å². The van der Waals surface area contributed by atoms with Gasteiger partial charge < -0.3 is 26.8 Å². The van der Waals surface area contributed by atoms with Crippen LogP contribution in [0.4, 0.5) is 10.6 Å². The average molecular weight is 434 g/mol. The third kappa shape index (κ3) is 6.02. The molecular weight excluding hydrogens is 412 g/mol. The molecule has 6 N–H and O–H groups in total. The van der Waals surface area contributed by atoms with Crippen LogP contribution in [0.3, 0.4) is 0 Å². The standard InChI is InChI=1S/C22H22N6O4/c23-19-18(21(30)24-9-10-25-22(31)32)28-17(13-26-19)15-7-4-8-16(11-15)20(29)27-12-14-5-2-1-3-6-14/h1-8,11,13,25H,9-10,12H2,(H2,23,26)(H,24,30)(H,27,29)(H,31,32). The second-order valence-electron chi connectivity index (χ2n) is 6.73. The van der Waals surface area contributed by atoms with Crippen LogP contribution in [-0.4, -0.2) is 46.1 Å². The van der Waals surface area contributed by atoms with Gasteiger partial charge in [-0.05, 0) is 17.7 Å². The number of carboxylic acid groups (broad SMARTS) is 1. The highest BCUT2D eigenvalue weighted by Crippen LogP contribution is 2.20. The number of rotatable bonds is 8. The third-order valence-electron chi connectivity index (χ3n) is 4.42. The van der Waals surface area contributed by atoms with Crippen molar-refractivity contribution in [3.8, 4) is 11.3 Å². The number of anilines is 1. The van der Waals surface area contributed by atoms with E-state index in [9.17, 15) is 14.4 Å². The number of hydrogen-bond donors (Lipinski definition) is 5. The topological polar surface area (TPSA) is 159 Å². The highest BCUT2D eigenvalue weighted by molar-refractivity contribution is 5.97. The van der Waals surface area contributed by atoms with Crippen LogP contribution in [0.1, 0.15) is 26.4 Å². The largest absolute Gasteiger partial charge is 0.465 e. The molecule has 2 aromatic carbocycles. The van der Waals surface area contributed by atoms with Gasteiger partial charge in [-0.1, -0.05) is 42.5 Å². The Morgan fingerprint density at radius 2 is 1.66 bits per heavy atom. The van der Waals surface area contributed by atoms with Crippen LogP contribution < -0.4 is 21.7 Å². The maximum atomic E-state index is 12.5. The van der Waals surface area contributed by atoms with E-state index in [0.29, 0.717) is 23.4 Å². The lowest BCUT2D eigenvalue weighted by molar-refractivity contribution is 0.0942. The minimum Gasteiger partial charge on any atom is -0.465 e. The molecular formula is C22H22N6O4. The second-order valence-corrected chi connectivity index (χ2v) is 6.73. The normalized spacial score (nSPS) is 10.2. The van der Waals surface area contributed by atoms with E-state index in [2.05, 4.69) is 25.9 Å². The molecule has 0 atom stereocenters. The number of nitrogens with one attached hydrogen (secondary N) is 3. The summed E-state index contributed by atoms with van der Waals surface area (Å²) in [6.45, 7) is 0.494. The predicted molar refractivity (Wildman–Crippen MR) is 118 cm³/mol. The Morgan fingerprint density at radius 1 is 0.906 bits per heavy atom. The summed E-state index contributed by atoms with van der Waals surface area (Å²) in [6, 6.07) is 16.3. The van der Waals surface area contributed by atoms with Crippen LogP contribution in [0.15, 0.2) is 60.8 Å². The Hall–Kier alpha value is -4.47. The number of hydrogen-bond acceptors (Lipinski definition) is 6. The molecule has 0 saturated carbocycles. The maximum absolute atomic E-state index is 12.5. The zero-order chi connectivity index (χ0) is 22.9. The summed E-state index contributed by atoms with van der Waals surface area (Å²) in [7, 11) is 0. The fourth-order valence-corrected chi connectivity index (χ4v) is 2.83. The molecule has 0 fully saturated rings. The summed E-state index contributed by atoms with van der Waals surface area (Å²) in [5.74, 6) is -0.891. The van der Waals surface area contributed by atoms with E-state index in [4.69, 9.17) is 10.8 Å². The molecule has 1 heterocycles. The summed E-state index contributed by atoms with van der Waals surface area (Å²) in [5, 5.41) is 16.1. The van der Waals surface area contributed by atoms with Gasteiger partial charge in [-0.3, -0.25) is 9.59 Å². The fourth-order valence-electron chi connectivity index (χ4n) is 2.83. The summed E-state index contributed by atoms with van der Waals surface area (Å²) in [4.78, 5) is 43.7. The van der Waals surface area contributed by atoms with Crippen molar-refractivity contribution in [2.75, 3.05) is 18.8 Å². The molecule has 3 rings (SSSR count). The lowest BCUT2D eigenvalue weighted by Crippen LogP contribution is -2.34. The van der Waals surface area contributed by atoms with Gasteiger partial charge in [0.05, 0.1) is 11.9 Å². The van der Waals surface area contributed by atoms with Crippen LogP contribution in [0.25, 0.3) is 11.3 Å². The van der Waals surface area contributed by atoms with Crippen molar-refractivity contribution in [2.45, 2.75) is 6.54 Å². The van der Waals surface area contributed by atoms with Crippen molar-refractivity contribution < 1.29 is 19.5 Å². The molecule has 1 aromatic heterocycles. The average Bonchev–Trinajstić information content (AvgIpc) is 2.81. The number of amides is 3. The molecule has 0 bridgehead atoms. The van der Waals surface area contributed by atoms with Gasteiger partial charge in [-0.2, -0.15) is 0 Å². The van der Waals surface area contributed by atoms with Crippen LogP contribution in [0, 0.1) is 0 Å². The van der Waals surface area contributed by atoms with Crippen LogP contribution in [0.2, 0.25) is 0 Å². The fraction of sp³-hybridized carbons (Fsp3) is 0.136. The zero-order valence-electron chi connectivity index (χ0n) is 17.0. The van der Waals surface area contributed by atoms with Gasteiger partial charge >= 0.3 is 6.09 Å². The molecule has 0 aliphatic rings. The first-order chi connectivity index (χ1) is 15.4. The molecule has 32 heavy (non-hydrogen) atoms. The maximum Gasteiger partial charge on any atom is 0.404 e. The number of carbonyl (C=O) groups excluding carboxylic acids is 2. The van der Waals surface area contributed by atoms with Gasteiger partial charge in [0.15, 0.2) is 11.5 Å². The van der Waals surface area contributed by atoms with Crippen molar-refractivity contribution in [1.82, 2.24) is 25.9 Å². The lowest BCUT2D eigenvalue weighted by atomic mass is 10.1. The van der Waals surface area contributed by atoms with Gasteiger partial charge in [0, 0.05) is 30.8 Å². The molecule has 3 amide bonds. The summed E-state index contributed by atoms with van der Waals surface area (Å²) >= 11 is 0. The molecule has 0 spiro atoms. The van der Waals surface area contributed by atoms with Gasteiger partial charge in [0.25, 0.3) is 11.8 Å². The molecule has 0 aliphatic heterocycles. The van der Waals surface area contributed by atoms with Gasteiger partial charge in [-0.25, -0.2) is 14.8 Å². The molecule has 10 heteroatoms. The lowest BCUT2D eigenvalue weighted by Gasteiger charge is -2.10. The first kappa shape index (κ1) is 22.2. The first-order valence-electron chi connectivity index (χ1n) is 9.74. The Kier molecular flexibility index (Phi) is 7.31. The molecule has 164 valence electrons. The van der Waals surface area contributed by atoms with Crippen molar-refractivity contribution >= 4 is 23.7 Å². The van der Waals surface area contributed by atoms with E-state index in [1.165, 1.54) is 6.20 Å². The summed E-state index contributed by atoms with van der Waals surface area (Å²) in [5.41, 5.74) is 8.07. The smallest absolute Gasteiger partial charge is 0.404 e. The van der Waals surface area contributed by atoms with Crippen molar-refractivity contribution in [3.63, 3.8) is 0 Å². The minimum atomic E-state index is -1.19. The zero-order valence-corrected chi connectivity index (χ0v) is 17.0. The number of nitrogen functional groups attached to an aromatic ring is 1. The molecule has 0 saturated heterocycles. The summed E-state index contributed by atoms with van der Waals surface area (Å²) in [6.07, 6.45) is 0.229. The molecule has 10 nitrogen and oxygen atoms in total. The van der Waals surface area contributed by atoms with E-state index in [1.54, 1.807) is 24.3 Å². The number of carbonyl (C=O) groups is 3. The second kappa shape index (κ2) is 10.5. The molecule has 0 aliphatic carbocycles. The Morgan fingerprint density at radius 3 is 2.41 bits per heavy atom. The highest BCUT2D eigenvalue weighted by atomic mass is 16.4. The van der Waals surface area contributed by atoms with E-state index in [1.807, 2.05) is 30.3 Å². The monoisotopic (exact) mass is 434 g/mol. The quantitative estimate of drug-likeness (QED) is 0.337. The SMILES string of the molecule is Nc1ncc(-c2cccc(C(=O)NCc3ccccc3)c2)nc1C(=O)NCCNC(=O)O. The Labute approximate surface area is 183 Å². The van der Waals surface area contributed by atoms with Gasteiger partial charge in [-0.15, -0.1) is 0 Å². The third-order valence-corrected chi connectivity index (χ3v) is 4.42. The number of benzene rings is 2. The highest BCUT2D eigenvalue weighted by Gasteiger charge is 2.15. The molecule has 0 radical (unpaired) electrons. The van der Waals surface area contributed by atoms with Crippen molar-refractivity contribution in [1.29, 1.82) is 0 Å². The Bertz CT molecular complexity index is 1120. The van der Waals surface area contributed by atoms with Crippen LogP contribution >= 0.6 is 0 Å². The molecule has 3 aromatic rings. The number of aromatic nitrogens is 2. The van der Waals surface area contributed by atoms with E-state index < -0.39 is 12.0 Å². The van der Waals surface area contributed by atoms with Crippen molar-refractivity contribution in [2.24, 2.45) is 0 Å². The van der Waals surface area contributed by atoms with Crippen LogP contribution in [-0.2, 0) is 6.54 Å².